The van der Waals surface area contributed by atoms with Crippen LogP contribution in [0.3, 0.4) is 0 Å². The molecule has 0 aliphatic heterocycles. The Bertz CT molecular complexity index is 1410. The number of ether oxygens (including phenoxy) is 2. The maximum absolute atomic E-state index is 12.5. The minimum absolute atomic E-state index is 0.218. The summed E-state index contributed by atoms with van der Waals surface area (Å²) in [6.45, 7) is 7.61. The molecule has 0 bridgehead atoms. The van der Waals surface area contributed by atoms with Crippen molar-refractivity contribution in [2.24, 2.45) is 5.10 Å². The number of aryl methyl sites for hydroxylation is 3. The molecule has 0 aliphatic rings. The summed E-state index contributed by atoms with van der Waals surface area (Å²) >= 11 is 5.51. The first-order valence-corrected chi connectivity index (χ1v) is 13.8. The second-order valence-corrected chi connectivity index (χ2v) is 10.5. The average Bonchev–Trinajstić information content (AvgIpc) is 2.88. The molecule has 0 atom stereocenters. The smallest absolute Gasteiger partial charge is 0.329 e. The first-order valence-electron chi connectivity index (χ1n) is 11.9. The Morgan fingerprint density at radius 2 is 1.67 bits per heavy atom. The summed E-state index contributed by atoms with van der Waals surface area (Å²) in [6, 6.07) is 14.5. The summed E-state index contributed by atoms with van der Waals surface area (Å²) in [5, 5.41) is 9.33. The van der Waals surface area contributed by atoms with Crippen molar-refractivity contribution in [1.82, 2.24) is 5.43 Å². The van der Waals surface area contributed by atoms with Gasteiger partial charge in [-0.1, -0.05) is 34.1 Å². The van der Waals surface area contributed by atoms with Crippen LogP contribution >= 0.6 is 38.5 Å². The molecule has 0 saturated heterocycles. The summed E-state index contributed by atoms with van der Waals surface area (Å²) in [6.07, 6.45) is 1.39. The molecule has 11 heteroatoms. The third-order valence-electron chi connectivity index (χ3n) is 5.43. The minimum atomic E-state index is -0.902. The lowest BCUT2D eigenvalue weighted by Crippen LogP contribution is -2.32. The predicted octanol–water partition coefficient (Wildman–Crippen LogP) is 5.48. The van der Waals surface area contributed by atoms with Gasteiger partial charge in [0, 0.05) is 15.8 Å². The van der Waals surface area contributed by atoms with Crippen LogP contribution in [0.1, 0.15) is 29.2 Å². The van der Waals surface area contributed by atoms with E-state index in [2.05, 4.69) is 59.7 Å². The quantitative estimate of drug-likeness (QED) is 0.118. The number of amides is 3. The zero-order chi connectivity index (χ0) is 28.5. The Morgan fingerprint density at radius 3 is 2.33 bits per heavy atom. The number of carbonyl (C=O) groups excluding carboxylic acids is 3. The molecule has 3 aromatic carbocycles. The molecule has 3 amide bonds. The predicted molar refractivity (Wildman–Crippen MR) is 164 cm³/mol. The van der Waals surface area contributed by atoms with E-state index in [1.165, 1.54) is 6.21 Å². The van der Waals surface area contributed by atoms with Crippen molar-refractivity contribution in [2.75, 3.05) is 23.8 Å². The Kier molecular flexibility index (Phi) is 10.9. The Balaban J connectivity index is 1.63. The molecule has 3 rings (SSSR count). The van der Waals surface area contributed by atoms with Gasteiger partial charge < -0.3 is 20.1 Å². The van der Waals surface area contributed by atoms with Crippen LogP contribution in [-0.2, 0) is 14.4 Å². The monoisotopic (exact) mass is 706 g/mol. The van der Waals surface area contributed by atoms with Gasteiger partial charge in [-0.2, -0.15) is 5.10 Å². The van der Waals surface area contributed by atoms with E-state index in [0.717, 1.165) is 21.2 Å². The normalized spacial score (nSPS) is 10.7. The lowest BCUT2D eigenvalue weighted by Gasteiger charge is -2.15. The summed E-state index contributed by atoms with van der Waals surface area (Å²) in [7, 11) is 0. The molecule has 0 saturated carbocycles. The van der Waals surface area contributed by atoms with Crippen LogP contribution in [0, 0.1) is 24.3 Å². The molecule has 0 heterocycles. The number of carbonyl (C=O) groups is 3. The van der Waals surface area contributed by atoms with Gasteiger partial charge in [0.2, 0.25) is 0 Å². The van der Waals surface area contributed by atoms with Crippen LogP contribution in [0.2, 0.25) is 0 Å². The number of para-hydroxylation sites is 1. The zero-order valence-corrected chi connectivity index (χ0v) is 25.6. The molecule has 0 fully saturated rings. The van der Waals surface area contributed by atoms with Gasteiger partial charge in [0.15, 0.2) is 18.1 Å². The highest BCUT2D eigenvalue weighted by Gasteiger charge is 2.16. The Hall–Kier alpha value is -3.45. The third-order valence-corrected chi connectivity index (χ3v) is 7.12. The van der Waals surface area contributed by atoms with E-state index in [-0.39, 0.29) is 12.5 Å². The lowest BCUT2D eigenvalue weighted by atomic mass is 10.1. The van der Waals surface area contributed by atoms with Gasteiger partial charge in [0.25, 0.3) is 5.91 Å². The van der Waals surface area contributed by atoms with Gasteiger partial charge in [0.05, 0.1) is 16.4 Å². The fourth-order valence-electron chi connectivity index (χ4n) is 3.52. The maximum atomic E-state index is 12.5. The highest BCUT2D eigenvalue weighted by Crippen LogP contribution is 2.34. The molecule has 39 heavy (non-hydrogen) atoms. The van der Waals surface area contributed by atoms with Gasteiger partial charge >= 0.3 is 11.8 Å². The van der Waals surface area contributed by atoms with Crippen molar-refractivity contribution in [3.8, 4) is 11.5 Å². The van der Waals surface area contributed by atoms with Gasteiger partial charge in [-0.25, -0.2) is 5.43 Å². The van der Waals surface area contributed by atoms with E-state index in [4.69, 9.17) is 9.47 Å². The van der Waals surface area contributed by atoms with E-state index in [1.54, 1.807) is 18.2 Å². The summed E-state index contributed by atoms with van der Waals surface area (Å²) in [4.78, 5) is 37.0. The number of nitrogens with zero attached hydrogens (tertiary/aromatic N) is 1. The molecule has 0 spiro atoms. The van der Waals surface area contributed by atoms with E-state index in [1.807, 2.05) is 58.0 Å². The molecule has 0 aliphatic carbocycles. The summed E-state index contributed by atoms with van der Waals surface area (Å²) in [5.74, 6) is -1.22. The van der Waals surface area contributed by atoms with E-state index < -0.39 is 11.8 Å². The second-order valence-electron chi connectivity index (χ2n) is 8.48. The molecule has 0 unspecified atom stereocenters. The van der Waals surface area contributed by atoms with Crippen LogP contribution in [0.25, 0.3) is 0 Å². The van der Waals surface area contributed by atoms with Crippen LogP contribution < -0.4 is 25.5 Å². The topological polar surface area (TPSA) is 118 Å². The van der Waals surface area contributed by atoms with Crippen LogP contribution in [0.4, 0.5) is 11.4 Å². The van der Waals surface area contributed by atoms with Crippen molar-refractivity contribution < 1.29 is 23.9 Å². The van der Waals surface area contributed by atoms with Crippen LogP contribution in [-0.4, -0.2) is 37.1 Å². The molecule has 0 aromatic heterocycles. The molecular formula is C28H28BrIN4O5. The van der Waals surface area contributed by atoms with Gasteiger partial charge in [-0.15, -0.1) is 0 Å². The summed E-state index contributed by atoms with van der Waals surface area (Å²) in [5.41, 5.74) is 6.78. The van der Waals surface area contributed by atoms with Crippen molar-refractivity contribution >= 4 is 73.8 Å². The van der Waals surface area contributed by atoms with Crippen LogP contribution in [0.15, 0.2) is 58.1 Å². The van der Waals surface area contributed by atoms with E-state index in [0.29, 0.717) is 38.6 Å². The second kappa shape index (κ2) is 14.1. The Labute approximate surface area is 249 Å². The maximum Gasteiger partial charge on any atom is 0.329 e. The van der Waals surface area contributed by atoms with Crippen molar-refractivity contribution in [2.45, 2.75) is 27.7 Å². The number of benzene rings is 3. The van der Waals surface area contributed by atoms with Gasteiger partial charge in [0.1, 0.15) is 0 Å². The molecule has 9 nitrogen and oxygen atoms in total. The minimum Gasteiger partial charge on any atom is -0.490 e. The first kappa shape index (κ1) is 30.1. The largest absolute Gasteiger partial charge is 0.490 e. The molecular weight excluding hydrogens is 679 g/mol. The standard InChI is InChI=1S/C28H28BrIN4O5/c1-5-38-23-13-19(14-31-34-28(37)27(36)33-25-16(2)7-6-8-17(25)3)12-22(30)26(23)39-15-24(35)32-20-9-10-21(29)18(4)11-20/h6-14H,5,15H2,1-4H3,(H,32,35)(H,33,36)(H,34,37)/b31-14-. The number of rotatable bonds is 9. The zero-order valence-electron chi connectivity index (χ0n) is 21.9. The number of hydrazone groups is 1. The molecule has 3 N–H and O–H groups in total. The third kappa shape index (κ3) is 8.52. The Morgan fingerprint density at radius 1 is 0.949 bits per heavy atom. The lowest BCUT2D eigenvalue weighted by molar-refractivity contribution is -0.136. The highest BCUT2D eigenvalue weighted by atomic mass is 127. The first-order chi connectivity index (χ1) is 18.6. The van der Waals surface area contributed by atoms with Gasteiger partial charge in [-0.05, 0) is 103 Å². The number of halogens is 2. The van der Waals surface area contributed by atoms with Crippen LogP contribution in [0.5, 0.6) is 11.5 Å². The van der Waals surface area contributed by atoms with Crippen molar-refractivity contribution in [1.29, 1.82) is 0 Å². The highest BCUT2D eigenvalue weighted by molar-refractivity contribution is 14.1. The number of anilines is 2. The number of nitrogens with one attached hydrogen (secondary N) is 3. The molecule has 3 aromatic rings. The average molecular weight is 707 g/mol. The molecule has 204 valence electrons. The van der Waals surface area contributed by atoms with Crippen molar-refractivity contribution in [3.63, 3.8) is 0 Å². The molecule has 0 radical (unpaired) electrons. The van der Waals surface area contributed by atoms with E-state index >= 15 is 0 Å². The SMILES string of the molecule is CCOc1cc(/C=N\NC(=O)C(=O)Nc2c(C)cccc2C)cc(I)c1OCC(=O)Nc1ccc(Br)c(C)c1. The van der Waals surface area contributed by atoms with Crippen molar-refractivity contribution in [3.05, 3.63) is 78.8 Å². The summed E-state index contributed by atoms with van der Waals surface area (Å²) < 4.78 is 13.1. The fourth-order valence-corrected chi connectivity index (χ4v) is 4.55. The number of hydrogen-bond acceptors (Lipinski definition) is 6. The fraction of sp³-hybridized carbons (Fsp3) is 0.214. The number of hydrogen-bond donors (Lipinski definition) is 3. The van der Waals surface area contributed by atoms with E-state index in [9.17, 15) is 14.4 Å². The van der Waals surface area contributed by atoms with Gasteiger partial charge in [-0.3, -0.25) is 14.4 Å².